The van der Waals surface area contributed by atoms with Crippen LogP contribution in [0.25, 0.3) is 0 Å². The predicted molar refractivity (Wildman–Crippen MR) is 73.6 cm³/mol. The van der Waals surface area contributed by atoms with E-state index in [4.69, 9.17) is 0 Å². The molecule has 2 nitrogen and oxygen atoms in total. The van der Waals surface area contributed by atoms with Crippen LogP contribution in [0.4, 0.5) is 13.2 Å². The molecule has 1 aromatic rings. The van der Waals surface area contributed by atoms with Crippen LogP contribution in [0, 0.1) is 0 Å². The highest BCUT2D eigenvalue weighted by atomic mass is 32.2. The highest BCUT2D eigenvalue weighted by Crippen LogP contribution is 2.15. The molecule has 0 atom stereocenters. The van der Waals surface area contributed by atoms with Crippen molar-refractivity contribution < 1.29 is 13.2 Å². The molecule has 0 aromatic heterocycles. The first-order valence-electron chi connectivity index (χ1n) is 6.24. The van der Waals surface area contributed by atoms with E-state index in [2.05, 4.69) is 22.8 Å². The van der Waals surface area contributed by atoms with Gasteiger partial charge in [0.05, 0.1) is 6.54 Å². The fourth-order valence-corrected chi connectivity index (χ4v) is 2.28. The third-order valence-electron chi connectivity index (χ3n) is 2.32. The van der Waals surface area contributed by atoms with Crippen LogP contribution in [0.5, 0.6) is 0 Å². The van der Waals surface area contributed by atoms with E-state index in [1.54, 1.807) is 11.8 Å². The average Bonchev–Trinajstić information content (AvgIpc) is 2.37. The SMILES string of the molecule is FC(F)(F)CNCCCNCCSc1ccccc1. The van der Waals surface area contributed by atoms with Crippen LogP contribution in [0.3, 0.4) is 0 Å². The van der Waals surface area contributed by atoms with E-state index in [1.165, 1.54) is 4.90 Å². The maximum Gasteiger partial charge on any atom is 0.401 e. The standard InChI is InChI=1S/C13H19F3N2S/c14-13(15,16)11-18-8-4-7-17-9-10-19-12-5-2-1-3-6-12/h1-3,5-6,17-18H,4,7-11H2. The molecule has 0 saturated heterocycles. The first kappa shape index (κ1) is 16.3. The van der Waals surface area contributed by atoms with Gasteiger partial charge >= 0.3 is 6.18 Å². The number of halogens is 3. The minimum Gasteiger partial charge on any atom is -0.316 e. The lowest BCUT2D eigenvalue weighted by atomic mass is 10.4. The molecule has 0 spiro atoms. The summed E-state index contributed by atoms with van der Waals surface area (Å²) in [5, 5.41) is 5.58. The summed E-state index contributed by atoms with van der Waals surface area (Å²) in [6.07, 6.45) is -3.41. The van der Waals surface area contributed by atoms with Gasteiger partial charge in [-0.25, -0.2) is 0 Å². The van der Waals surface area contributed by atoms with E-state index in [-0.39, 0.29) is 0 Å². The molecule has 1 aromatic carbocycles. The van der Waals surface area contributed by atoms with Gasteiger partial charge < -0.3 is 10.6 Å². The highest BCUT2D eigenvalue weighted by molar-refractivity contribution is 7.99. The normalized spacial score (nSPS) is 11.7. The lowest BCUT2D eigenvalue weighted by Crippen LogP contribution is -2.31. The first-order valence-corrected chi connectivity index (χ1v) is 7.22. The third-order valence-corrected chi connectivity index (χ3v) is 3.34. The maximum absolute atomic E-state index is 11.8. The van der Waals surface area contributed by atoms with E-state index >= 15 is 0 Å². The number of hydrogen-bond acceptors (Lipinski definition) is 3. The lowest BCUT2D eigenvalue weighted by molar-refractivity contribution is -0.124. The Labute approximate surface area is 116 Å². The Morgan fingerprint density at radius 2 is 1.63 bits per heavy atom. The molecule has 108 valence electrons. The molecule has 1 rings (SSSR count). The van der Waals surface area contributed by atoms with Gasteiger partial charge in [-0.1, -0.05) is 18.2 Å². The topological polar surface area (TPSA) is 24.1 Å². The minimum absolute atomic E-state index is 0.387. The number of thioether (sulfide) groups is 1. The van der Waals surface area contributed by atoms with E-state index < -0.39 is 12.7 Å². The zero-order chi connectivity index (χ0) is 14.0. The summed E-state index contributed by atoms with van der Waals surface area (Å²) >= 11 is 1.77. The fraction of sp³-hybridized carbons (Fsp3) is 0.538. The fourth-order valence-electron chi connectivity index (χ4n) is 1.45. The second-order valence-electron chi connectivity index (χ2n) is 4.06. The van der Waals surface area contributed by atoms with Crippen LogP contribution < -0.4 is 10.6 Å². The van der Waals surface area contributed by atoms with Gasteiger partial charge in [0.15, 0.2) is 0 Å². The number of alkyl halides is 3. The molecule has 0 aliphatic heterocycles. The van der Waals surface area contributed by atoms with E-state index in [1.807, 2.05) is 18.2 Å². The zero-order valence-electron chi connectivity index (χ0n) is 10.7. The number of benzene rings is 1. The van der Waals surface area contributed by atoms with Crippen molar-refractivity contribution in [1.29, 1.82) is 0 Å². The van der Waals surface area contributed by atoms with Gasteiger partial charge in [-0.15, -0.1) is 11.8 Å². The lowest BCUT2D eigenvalue weighted by Gasteiger charge is -2.08. The average molecular weight is 292 g/mol. The Bertz CT molecular complexity index is 330. The summed E-state index contributed by atoms with van der Waals surface area (Å²) in [7, 11) is 0. The summed E-state index contributed by atoms with van der Waals surface area (Å²) < 4.78 is 35.4. The van der Waals surface area contributed by atoms with Crippen molar-refractivity contribution in [2.24, 2.45) is 0 Å². The van der Waals surface area contributed by atoms with Crippen LogP contribution in [0.2, 0.25) is 0 Å². The number of hydrogen-bond donors (Lipinski definition) is 2. The first-order chi connectivity index (χ1) is 9.08. The summed E-state index contributed by atoms with van der Waals surface area (Å²) in [5.41, 5.74) is 0. The summed E-state index contributed by atoms with van der Waals surface area (Å²) in [5.74, 6) is 0.958. The second kappa shape index (κ2) is 9.23. The van der Waals surface area contributed by atoms with Crippen molar-refractivity contribution in [2.45, 2.75) is 17.5 Å². The van der Waals surface area contributed by atoms with Crippen LogP contribution in [-0.2, 0) is 0 Å². The van der Waals surface area contributed by atoms with Gasteiger partial charge in [0, 0.05) is 17.2 Å². The molecule has 19 heavy (non-hydrogen) atoms. The number of nitrogens with one attached hydrogen (secondary N) is 2. The van der Waals surface area contributed by atoms with Crippen molar-refractivity contribution in [1.82, 2.24) is 10.6 Å². The Morgan fingerprint density at radius 1 is 0.947 bits per heavy atom. The number of rotatable bonds is 9. The summed E-state index contributed by atoms with van der Waals surface area (Å²) in [6.45, 7) is 1.08. The van der Waals surface area contributed by atoms with Gasteiger partial charge in [-0.2, -0.15) is 13.2 Å². The molecule has 0 aliphatic rings. The van der Waals surface area contributed by atoms with Crippen LogP contribution in [0.1, 0.15) is 6.42 Å². The van der Waals surface area contributed by atoms with E-state index in [9.17, 15) is 13.2 Å². The molecule has 0 amide bonds. The smallest absolute Gasteiger partial charge is 0.316 e. The molecule has 0 saturated carbocycles. The van der Waals surface area contributed by atoms with E-state index in [0.29, 0.717) is 13.0 Å². The van der Waals surface area contributed by atoms with Gasteiger partial charge in [-0.05, 0) is 31.6 Å². The molecule has 2 N–H and O–H groups in total. The Hall–Kier alpha value is -0.720. The molecule has 0 bridgehead atoms. The van der Waals surface area contributed by atoms with Crippen molar-refractivity contribution in [3.05, 3.63) is 30.3 Å². The minimum atomic E-state index is -4.11. The zero-order valence-corrected chi connectivity index (χ0v) is 11.5. The van der Waals surface area contributed by atoms with Gasteiger partial charge in [0.1, 0.15) is 0 Å². The Kier molecular flexibility index (Phi) is 7.93. The summed E-state index contributed by atoms with van der Waals surface area (Å²) in [4.78, 5) is 1.23. The Balaban J connectivity index is 1.87. The largest absolute Gasteiger partial charge is 0.401 e. The van der Waals surface area contributed by atoms with Gasteiger partial charge in [0.25, 0.3) is 0 Å². The predicted octanol–water partition coefficient (Wildman–Crippen LogP) is 2.91. The second-order valence-corrected chi connectivity index (χ2v) is 5.23. The van der Waals surface area contributed by atoms with Gasteiger partial charge in [-0.3, -0.25) is 0 Å². The van der Waals surface area contributed by atoms with Crippen molar-refractivity contribution in [2.75, 3.05) is 31.9 Å². The highest BCUT2D eigenvalue weighted by Gasteiger charge is 2.25. The monoisotopic (exact) mass is 292 g/mol. The maximum atomic E-state index is 11.8. The molecular formula is C13H19F3N2S. The van der Waals surface area contributed by atoms with Crippen LogP contribution in [0.15, 0.2) is 35.2 Å². The van der Waals surface area contributed by atoms with Crippen molar-refractivity contribution in [3.8, 4) is 0 Å². The molecule has 0 unspecified atom stereocenters. The molecule has 0 heterocycles. The quantitative estimate of drug-likeness (QED) is 0.540. The van der Waals surface area contributed by atoms with Crippen molar-refractivity contribution in [3.63, 3.8) is 0 Å². The van der Waals surface area contributed by atoms with Crippen LogP contribution >= 0.6 is 11.8 Å². The molecule has 0 aliphatic carbocycles. The van der Waals surface area contributed by atoms with E-state index in [0.717, 1.165) is 18.8 Å². The Morgan fingerprint density at radius 3 is 2.32 bits per heavy atom. The summed E-state index contributed by atoms with van der Waals surface area (Å²) in [6, 6.07) is 10.1. The molecular weight excluding hydrogens is 273 g/mol. The molecule has 6 heteroatoms. The molecule has 0 fully saturated rings. The van der Waals surface area contributed by atoms with Gasteiger partial charge in [0.2, 0.25) is 0 Å². The van der Waals surface area contributed by atoms with Crippen molar-refractivity contribution >= 4 is 11.8 Å². The van der Waals surface area contributed by atoms with Crippen LogP contribution in [-0.4, -0.2) is 38.1 Å². The molecule has 0 radical (unpaired) electrons. The third kappa shape index (κ3) is 9.81.